The lowest BCUT2D eigenvalue weighted by Gasteiger charge is -2.10. The fourth-order valence-corrected chi connectivity index (χ4v) is 2.12. The van der Waals surface area contributed by atoms with Crippen molar-refractivity contribution in [3.05, 3.63) is 64.7 Å². The van der Waals surface area contributed by atoms with E-state index in [-0.39, 0.29) is 0 Å². The van der Waals surface area contributed by atoms with E-state index in [1.807, 2.05) is 12.1 Å². The molecule has 2 heteroatoms. The Labute approximate surface area is 115 Å². The highest BCUT2D eigenvalue weighted by molar-refractivity contribution is 5.33. The Morgan fingerprint density at radius 2 is 1.74 bits per heavy atom. The lowest BCUT2D eigenvalue weighted by molar-refractivity contribution is 0.475. The minimum absolute atomic E-state index is 0.326. The van der Waals surface area contributed by atoms with Crippen molar-refractivity contribution < 1.29 is 5.11 Å². The molecule has 2 rings (SSSR count). The number of aromatic hydroxyl groups is 1. The van der Waals surface area contributed by atoms with Crippen LogP contribution < -0.4 is 5.32 Å². The van der Waals surface area contributed by atoms with Crippen molar-refractivity contribution in [1.29, 1.82) is 0 Å². The topological polar surface area (TPSA) is 32.3 Å². The molecule has 0 fully saturated rings. The molecule has 0 radical (unpaired) electrons. The molecule has 0 aliphatic heterocycles. The van der Waals surface area contributed by atoms with E-state index in [9.17, 15) is 5.11 Å². The summed E-state index contributed by atoms with van der Waals surface area (Å²) in [5.74, 6) is 0.326. The predicted octanol–water partition coefficient (Wildman–Crippen LogP) is 3.34. The molecule has 0 atom stereocenters. The van der Waals surface area contributed by atoms with Gasteiger partial charge in [0.25, 0.3) is 0 Å². The molecule has 2 N–H and O–H groups in total. The molecule has 2 aromatic carbocycles. The highest BCUT2D eigenvalue weighted by atomic mass is 16.3. The van der Waals surface area contributed by atoms with E-state index >= 15 is 0 Å². The minimum atomic E-state index is 0.326. The Balaban J connectivity index is 1.81. The Hall–Kier alpha value is -1.80. The first-order chi connectivity index (χ1) is 9.16. The highest BCUT2D eigenvalue weighted by Crippen LogP contribution is 2.12. The van der Waals surface area contributed by atoms with E-state index in [1.165, 1.54) is 22.3 Å². The fraction of sp³-hybridized carbons (Fsp3) is 0.294. The van der Waals surface area contributed by atoms with Gasteiger partial charge in [-0.05, 0) is 61.2 Å². The number of hydrogen-bond acceptors (Lipinski definition) is 2. The van der Waals surface area contributed by atoms with Crippen LogP contribution in [0.4, 0.5) is 0 Å². The standard InChI is InChI=1S/C17H21NO/c1-13-4-3-5-16(14(13)2)12-18-11-10-15-6-8-17(19)9-7-15/h3-9,18-19H,10-12H2,1-2H3. The molecular weight excluding hydrogens is 234 g/mol. The second-order valence-corrected chi connectivity index (χ2v) is 4.95. The van der Waals surface area contributed by atoms with Gasteiger partial charge in [0.05, 0.1) is 0 Å². The summed E-state index contributed by atoms with van der Waals surface area (Å²) >= 11 is 0. The molecule has 0 bridgehead atoms. The summed E-state index contributed by atoms with van der Waals surface area (Å²) in [4.78, 5) is 0. The SMILES string of the molecule is Cc1cccc(CNCCc2ccc(O)cc2)c1C. The van der Waals surface area contributed by atoms with Gasteiger partial charge in [-0.15, -0.1) is 0 Å². The summed E-state index contributed by atoms with van der Waals surface area (Å²) in [6, 6.07) is 13.8. The fourth-order valence-electron chi connectivity index (χ4n) is 2.12. The molecule has 0 unspecified atom stereocenters. The van der Waals surface area contributed by atoms with E-state index in [2.05, 4.69) is 37.4 Å². The quantitative estimate of drug-likeness (QED) is 0.803. The van der Waals surface area contributed by atoms with Crippen LogP contribution in [0, 0.1) is 13.8 Å². The van der Waals surface area contributed by atoms with Gasteiger partial charge in [-0.2, -0.15) is 0 Å². The van der Waals surface area contributed by atoms with Crippen LogP contribution >= 0.6 is 0 Å². The second kappa shape index (κ2) is 6.39. The summed E-state index contributed by atoms with van der Waals surface area (Å²) in [5, 5.41) is 12.7. The third kappa shape index (κ3) is 3.83. The average molecular weight is 255 g/mol. The van der Waals surface area contributed by atoms with Crippen molar-refractivity contribution in [1.82, 2.24) is 5.32 Å². The van der Waals surface area contributed by atoms with Crippen molar-refractivity contribution >= 4 is 0 Å². The van der Waals surface area contributed by atoms with Crippen LogP contribution in [-0.2, 0) is 13.0 Å². The van der Waals surface area contributed by atoms with Crippen LogP contribution in [0.15, 0.2) is 42.5 Å². The van der Waals surface area contributed by atoms with Gasteiger partial charge in [-0.25, -0.2) is 0 Å². The molecular formula is C17H21NO. The molecule has 2 nitrogen and oxygen atoms in total. The maximum Gasteiger partial charge on any atom is 0.115 e. The lowest BCUT2D eigenvalue weighted by atomic mass is 10.0. The van der Waals surface area contributed by atoms with Gasteiger partial charge in [-0.3, -0.25) is 0 Å². The molecule has 19 heavy (non-hydrogen) atoms. The maximum atomic E-state index is 9.22. The molecule has 0 saturated heterocycles. The molecule has 0 aliphatic rings. The van der Waals surface area contributed by atoms with E-state index in [4.69, 9.17) is 0 Å². The van der Waals surface area contributed by atoms with Gasteiger partial charge < -0.3 is 10.4 Å². The van der Waals surface area contributed by atoms with Crippen molar-refractivity contribution in [3.8, 4) is 5.75 Å². The molecule has 0 saturated carbocycles. The van der Waals surface area contributed by atoms with E-state index in [0.29, 0.717) is 5.75 Å². The van der Waals surface area contributed by atoms with Crippen LogP contribution in [0.2, 0.25) is 0 Å². The Bertz CT molecular complexity index is 531. The summed E-state index contributed by atoms with van der Waals surface area (Å²) in [6.45, 7) is 6.17. The summed E-state index contributed by atoms with van der Waals surface area (Å²) in [5.41, 5.74) is 5.33. The van der Waals surface area contributed by atoms with Crippen LogP contribution in [0.5, 0.6) is 5.75 Å². The molecule has 0 spiro atoms. The zero-order valence-corrected chi connectivity index (χ0v) is 11.6. The monoisotopic (exact) mass is 255 g/mol. The average Bonchev–Trinajstić information content (AvgIpc) is 2.41. The van der Waals surface area contributed by atoms with Crippen molar-refractivity contribution in [3.63, 3.8) is 0 Å². The van der Waals surface area contributed by atoms with Crippen molar-refractivity contribution in [2.24, 2.45) is 0 Å². The predicted molar refractivity (Wildman–Crippen MR) is 79.4 cm³/mol. The van der Waals surface area contributed by atoms with Gasteiger partial charge in [0.2, 0.25) is 0 Å². The molecule has 2 aromatic rings. The highest BCUT2D eigenvalue weighted by Gasteiger charge is 2.00. The van der Waals surface area contributed by atoms with E-state index in [0.717, 1.165) is 19.5 Å². The normalized spacial score (nSPS) is 10.6. The number of phenols is 1. The van der Waals surface area contributed by atoms with E-state index < -0.39 is 0 Å². The van der Waals surface area contributed by atoms with Gasteiger partial charge in [0.1, 0.15) is 5.75 Å². The Morgan fingerprint density at radius 1 is 1.00 bits per heavy atom. The number of aryl methyl sites for hydroxylation is 1. The number of rotatable bonds is 5. The number of benzene rings is 2. The summed E-state index contributed by atoms with van der Waals surface area (Å²) in [6.07, 6.45) is 0.977. The van der Waals surface area contributed by atoms with Crippen LogP contribution in [0.1, 0.15) is 22.3 Å². The number of nitrogens with one attached hydrogen (secondary N) is 1. The van der Waals surface area contributed by atoms with Gasteiger partial charge in [0, 0.05) is 6.54 Å². The minimum Gasteiger partial charge on any atom is -0.508 e. The van der Waals surface area contributed by atoms with Crippen molar-refractivity contribution in [2.45, 2.75) is 26.8 Å². The molecule has 0 aromatic heterocycles. The van der Waals surface area contributed by atoms with Gasteiger partial charge >= 0.3 is 0 Å². The first kappa shape index (κ1) is 13.6. The summed E-state index contributed by atoms with van der Waals surface area (Å²) in [7, 11) is 0. The van der Waals surface area contributed by atoms with Crippen LogP contribution in [0.3, 0.4) is 0 Å². The van der Waals surface area contributed by atoms with Crippen molar-refractivity contribution in [2.75, 3.05) is 6.54 Å². The number of hydrogen-bond donors (Lipinski definition) is 2. The first-order valence-electron chi connectivity index (χ1n) is 6.70. The maximum absolute atomic E-state index is 9.22. The zero-order valence-electron chi connectivity index (χ0n) is 11.6. The van der Waals surface area contributed by atoms with Crippen LogP contribution in [-0.4, -0.2) is 11.7 Å². The molecule has 0 amide bonds. The van der Waals surface area contributed by atoms with Gasteiger partial charge in [0.15, 0.2) is 0 Å². The smallest absolute Gasteiger partial charge is 0.115 e. The lowest BCUT2D eigenvalue weighted by Crippen LogP contribution is -2.17. The third-order valence-electron chi connectivity index (χ3n) is 3.56. The Kier molecular flexibility index (Phi) is 4.58. The molecule has 0 aliphatic carbocycles. The number of phenolic OH excluding ortho intramolecular Hbond substituents is 1. The van der Waals surface area contributed by atoms with E-state index in [1.54, 1.807) is 12.1 Å². The second-order valence-electron chi connectivity index (χ2n) is 4.95. The molecule has 0 heterocycles. The van der Waals surface area contributed by atoms with Gasteiger partial charge in [-0.1, -0.05) is 30.3 Å². The first-order valence-corrected chi connectivity index (χ1v) is 6.70. The Morgan fingerprint density at radius 3 is 2.47 bits per heavy atom. The molecule has 100 valence electrons. The van der Waals surface area contributed by atoms with Crippen LogP contribution in [0.25, 0.3) is 0 Å². The third-order valence-corrected chi connectivity index (χ3v) is 3.56. The largest absolute Gasteiger partial charge is 0.508 e. The zero-order chi connectivity index (χ0) is 13.7. The summed E-state index contributed by atoms with van der Waals surface area (Å²) < 4.78 is 0.